The van der Waals surface area contributed by atoms with Gasteiger partial charge >= 0.3 is 5.97 Å². The topological polar surface area (TPSA) is 105 Å². The molecule has 1 heterocycles. The van der Waals surface area contributed by atoms with E-state index in [1.165, 1.54) is 18.3 Å². The summed E-state index contributed by atoms with van der Waals surface area (Å²) in [5, 5.41) is 11.4. The molecule has 0 spiro atoms. The Morgan fingerprint density at radius 3 is 2.43 bits per heavy atom. The van der Waals surface area contributed by atoms with Gasteiger partial charge in [0.25, 0.3) is 0 Å². The molecule has 1 aromatic carbocycles. The van der Waals surface area contributed by atoms with E-state index in [9.17, 15) is 9.59 Å². The van der Waals surface area contributed by atoms with E-state index in [1.54, 1.807) is 12.1 Å². The van der Waals surface area contributed by atoms with Crippen LogP contribution in [0.2, 0.25) is 0 Å². The molecule has 6 heteroatoms. The smallest absolute Gasteiger partial charge is 0.354 e. The van der Waals surface area contributed by atoms with Crippen LogP contribution in [0.1, 0.15) is 22.5 Å². The Morgan fingerprint density at radius 1 is 1.14 bits per heavy atom. The highest BCUT2D eigenvalue weighted by molar-refractivity contribution is 5.91. The number of hydrogen-bond acceptors (Lipinski definition) is 4. The summed E-state index contributed by atoms with van der Waals surface area (Å²) >= 11 is 0. The Kier molecular flexibility index (Phi) is 4.50. The Hall–Kier alpha value is -2.89. The number of nitrogens with zero attached hydrogens (tertiary/aromatic N) is 1. The second kappa shape index (κ2) is 6.51. The Labute approximate surface area is 121 Å². The van der Waals surface area contributed by atoms with Gasteiger partial charge in [0.15, 0.2) is 0 Å². The maximum atomic E-state index is 11.8. The van der Waals surface area contributed by atoms with E-state index in [0.29, 0.717) is 24.2 Å². The third kappa shape index (κ3) is 4.31. The van der Waals surface area contributed by atoms with Gasteiger partial charge in [0.05, 0.1) is 11.9 Å². The molecule has 0 aliphatic heterocycles. The molecule has 2 aromatic rings. The number of nitrogens with one attached hydrogen (secondary N) is 1. The fourth-order valence-electron chi connectivity index (χ4n) is 1.76. The number of aromatic carboxylic acids is 1. The van der Waals surface area contributed by atoms with Gasteiger partial charge in [0.1, 0.15) is 5.69 Å². The fourth-order valence-corrected chi connectivity index (χ4v) is 1.76. The number of nitrogen functional groups attached to an aromatic ring is 1. The summed E-state index contributed by atoms with van der Waals surface area (Å²) in [5.41, 5.74) is 7.72. The molecule has 0 saturated carbocycles. The van der Waals surface area contributed by atoms with Crippen LogP contribution in [0.5, 0.6) is 0 Å². The van der Waals surface area contributed by atoms with E-state index in [2.05, 4.69) is 10.3 Å². The molecule has 0 atom stereocenters. The minimum Gasteiger partial charge on any atom is -0.477 e. The molecule has 1 amide bonds. The molecule has 1 aromatic heterocycles. The normalized spacial score (nSPS) is 10.1. The van der Waals surface area contributed by atoms with E-state index in [1.807, 2.05) is 12.1 Å². The molecule has 0 aliphatic carbocycles. The highest BCUT2D eigenvalue weighted by Gasteiger charge is 2.06. The van der Waals surface area contributed by atoms with Crippen LogP contribution in [0.15, 0.2) is 42.6 Å². The zero-order chi connectivity index (χ0) is 15.2. The van der Waals surface area contributed by atoms with Crippen molar-refractivity contribution in [2.24, 2.45) is 0 Å². The van der Waals surface area contributed by atoms with Crippen LogP contribution in [0.25, 0.3) is 0 Å². The molecule has 0 radical (unpaired) electrons. The molecule has 0 aliphatic rings. The van der Waals surface area contributed by atoms with Crippen LogP contribution in [-0.4, -0.2) is 22.0 Å². The zero-order valence-electron chi connectivity index (χ0n) is 11.2. The van der Waals surface area contributed by atoms with Crippen LogP contribution in [0, 0.1) is 0 Å². The SMILES string of the molecule is Nc1ccc(CCC(=O)Nc2ccc(C(=O)O)nc2)cc1. The number of nitrogens with two attached hydrogens (primary N) is 1. The number of carboxylic acid groups (broad SMARTS) is 1. The number of carboxylic acids is 1. The number of amides is 1. The maximum absolute atomic E-state index is 11.8. The molecular weight excluding hydrogens is 270 g/mol. The summed E-state index contributed by atoms with van der Waals surface area (Å²) < 4.78 is 0. The van der Waals surface area contributed by atoms with Crippen molar-refractivity contribution >= 4 is 23.3 Å². The quantitative estimate of drug-likeness (QED) is 0.728. The first-order valence-electron chi connectivity index (χ1n) is 6.38. The summed E-state index contributed by atoms with van der Waals surface area (Å²) in [7, 11) is 0. The van der Waals surface area contributed by atoms with Crippen molar-refractivity contribution in [1.29, 1.82) is 0 Å². The van der Waals surface area contributed by atoms with E-state index in [4.69, 9.17) is 10.8 Å². The van der Waals surface area contributed by atoms with Crippen molar-refractivity contribution in [2.45, 2.75) is 12.8 Å². The van der Waals surface area contributed by atoms with Gasteiger partial charge in [-0.15, -0.1) is 0 Å². The number of rotatable bonds is 5. The lowest BCUT2D eigenvalue weighted by Gasteiger charge is -2.05. The first-order valence-corrected chi connectivity index (χ1v) is 6.38. The summed E-state index contributed by atoms with van der Waals surface area (Å²) in [5.74, 6) is -1.26. The molecule has 4 N–H and O–H groups in total. The number of anilines is 2. The third-order valence-electron chi connectivity index (χ3n) is 2.89. The van der Waals surface area contributed by atoms with Crippen LogP contribution >= 0.6 is 0 Å². The van der Waals surface area contributed by atoms with E-state index in [-0.39, 0.29) is 11.6 Å². The van der Waals surface area contributed by atoms with E-state index >= 15 is 0 Å². The Balaban J connectivity index is 1.86. The van der Waals surface area contributed by atoms with Gasteiger partial charge in [-0.2, -0.15) is 0 Å². The average Bonchev–Trinajstić information content (AvgIpc) is 2.47. The Morgan fingerprint density at radius 2 is 1.86 bits per heavy atom. The summed E-state index contributed by atoms with van der Waals surface area (Å²) in [6, 6.07) is 10.2. The predicted octanol–water partition coefficient (Wildman–Crippen LogP) is 1.93. The predicted molar refractivity (Wildman–Crippen MR) is 79.0 cm³/mol. The van der Waals surface area contributed by atoms with Crippen LogP contribution < -0.4 is 11.1 Å². The number of pyridine rings is 1. The number of carbonyl (C=O) groups excluding carboxylic acids is 1. The number of aryl methyl sites for hydroxylation is 1. The second-order valence-corrected chi connectivity index (χ2v) is 4.53. The summed E-state index contributed by atoms with van der Waals surface area (Å²) in [4.78, 5) is 26.2. The number of aromatic nitrogens is 1. The molecule has 21 heavy (non-hydrogen) atoms. The second-order valence-electron chi connectivity index (χ2n) is 4.53. The van der Waals surface area contributed by atoms with Gasteiger partial charge in [-0.1, -0.05) is 12.1 Å². The average molecular weight is 285 g/mol. The van der Waals surface area contributed by atoms with E-state index < -0.39 is 5.97 Å². The van der Waals surface area contributed by atoms with Gasteiger partial charge in [-0.25, -0.2) is 9.78 Å². The van der Waals surface area contributed by atoms with Crippen molar-refractivity contribution in [3.63, 3.8) is 0 Å². The first kappa shape index (κ1) is 14.5. The first-order chi connectivity index (χ1) is 10.0. The third-order valence-corrected chi connectivity index (χ3v) is 2.89. The molecule has 0 saturated heterocycles. The molecule has 0 bridgehead atoms. The van der Waals surface area contributed by atoms with Gasteiger partial charge in [0.2, 0.25) is 5.91 Å². The molecule has 2 rings (SSSR count). The number of carbonyl (C=O) groups is 2. The van der Waals surface area contributed by atoms with Gasteiger partial charge in [0, 0.05) is 12.1 Å². The molecule has 0 fully saturated rings. The lowest BCUT2D eigenvalue weighted by molar-refractivity contribution is -0.116. The lowest BCUT2D eigenvalue weighted by atomic mass is 10.1. The number of hydrogen-bond donors (Lipinski definition) is 3. The van der Waals surface area contributed by atoms with E-state index in [0.717, 1.165) is 5.56 Å². The summed E-state index contributed by atoms with van der Waals surface area (Å²) in [6.07, 6.45) is 2.25. The largest absolute Gasteiger partial charge is 0.477 e. The van der Waals surface area contributed by atoms with Crippen molar-refractivity contribution in [2.75, 3.05) is 11.1 Å². The van der Waals surface area contributed by atoms with Crippen molar-refractivity contribution in [1.82, 2.24) is 4.98 Å². The van der Waals surface area contributed by atoms with Crippen LogP contribution in [0.4, 0.5) is 11.4 Å². The van der Waals surface area contributed by atoms with Crippen LogP contribution in [0.3, 0.4) is 0 Å². The maximum Gasteiger partial charge on any atom is 0.354 e. The Bertz CT molecular complexity index is 636. The minimum absolute atomic E-state index is 0.0603. The minimum atomic E-state index is -1.10. The number of benzene rings is 1. The van der Waals surface area contributed by atoms with Gasteiger partial charge in [-0.3, -0.25) is 4.79 Å². The lowest BCUT2D eigenvalue weighted by Crippen LogP contribution is -2.13. The molecule has 108 valence electrons. The molecular formula is C15H15N3O3. The standard InChI is InChI=1S/C15H15N3O3/c16-11-4-1-10(2-5-11)3-8-14(19)18-12-6-7-13(15(20)21)17-9-12/h1-2,4-7,9H,3,8,16H2,(H,18,19)(H,20,21). The van der Waals surface area contributed by atoms with Crippen molar-refractivity contribution < 1.29 is 14.7 Å². The van der Waals surface area contributed by atoms with Gasteiger partial charge in [-0.05, 0) is 36.2 Å². The van der Waals surface area contributed by atoms with Gasteiger partial charge < -0.3 is 16.2 Å². The zero-order valence-corrected chi connectivity index (χ0v) is 11.2. The van der Waals surface area contributed by atoms with Crippen LogP contribution in [-0.2, 0) is 11.2 Å². The van der Waals surface area contributed by atoms with Crippen molar-refractivity contribution in [3.8, 4) is 0 Å². The fraction of sp³-hybridized carbons (Fsp3) is 0.133. The molecule has 0 unspecified atom stereocenters. The highest BCUT2D eigenvalue weighted by atomic mass is 16.4. The summed E-state index contributed by atoms with van der Waals surface area (Å²) in [6.45, 7) is 0. The van der Waals surface area contributed by atoms with Crippen molar-refractivity contribution in [3.05, 3.63) is 53.9 Å². The monoisotopic (exact) mass is 285 g/mol. The highest BCUT2D eigenvalue weighted by Crippen LogP contribution is 2.10. The molecule has 6 nitrogen and oxygen atoms in total.